The zero-order valence-corrected chi connectivity index (χ0v) is 13.4. The molecule has 0 unspecified atom stereocenters. The maximum Gasteiger partial charge on any atom is 0.227 e. The van der Waals surface area contributed by atoms with Gasteiger partial charge in [-0.1, -0.05) is 18.2 Å². The molecule has 124 valence electrons. The minimum atomic E-state index is -0.181. The first-order valence-corrected chi connectivity index (χ1v) is 7.84. The first kappa shape index (κ1) is 16.0. The van der Waals surface area contributed by atoms with E-state index in [4.69, 9.17) is 4.74 Å². The van der Waals surface area contributed by atoms with Crippen molar-refractivity contribution >= 4 is 23.2 Å². The molecule has 0 saturated heterocycles. The molecule has 0 aliphatic carbocycles. The van der Waals surface area contributed by atoms with E-state index >= 15 is 0 Å². The molecule has 2 amide bonds. The fourth-order valence-electron chi connectivity index (χ4n) is 2.75. The van der Waals surface area contributed by atoms with E-state index in [9.17, 15) is 9.59 Å². The van der Waals surface area contributed by atoms with Crippen LogP contribution in [0, 0.1) is 5.92 Å². The van der Waals surface area contributed by atoms with E-state index in [0.29, 0.717) is 24.4 Å². The van der Waals surface area contributed by atoms with Crippen molar-refractivity contribution in [1.82, 2.24) is 4.98 Å². The summed E-state index contributed by atoms with van der Waals surface area (Å²) in [6.07, 6.45) is 3.00. The monoisotopic (exact) mass is 325 g/mol. The average molecular weight is 325 g/mol. The molecule has 1 aromatic carbocycles. The number of anilines is 2. The minimum absolute atomic E-state index is 0.0207. The van der Waals surface area contributed by atoms with Crippen LogP contribution in [0.2, 0.25) is 0 Å². The van der Waals surface area contributed by atoms with E-state index < -0.39 is 0 Å². The lowest BCUT2D eigenvalue weighted by Gasteiger charge is -2.24. The zero-order chi connectivity index (χ0) is 16.9. The summed E-state index contributed by atoms with van der Waals surface area (Å²) >= 11 is 0. The van der Waals surface area contributed by atoms with E-state index in [1.54, 1.807) is 18.3 Å². The number of hydrogen-bond donors (Lipinski definition) is 2. The number of para-hydroxylation sites is 1. The number of methoxy groups -OCH3 is 1. The summed E-state index contributed by atoms with van der Waals surface area (Å²) in [7, 11) is 1.54. The highest BCUT2D eigenvalue weighted by Gasteiger charge is 2.26. The number of nitrogens with one attached hydrogen (secondary N) is 2. The summed E-state index contributed by atoms with van der Waals surface area (Å²) in [6, 6.07) is 11.2. The molecule has 24 heavy (non-hydrogen) atoms. The Morgan fingerprint density at radius 2 is 2.17 bits per heavy atom. The molecule has 3 rings (SSSR count). The second kappa shape index (κ2) is 7.12. The summed E-state index contributed by atoms with van der Waals surface area (Å²) in [4.78, 5) is 28.2. The molecule has 2 aromatic rings. The number of nitrogens with zero attached hydrogens (tertiary/aromatic N) is 1. The van der Waals surface area contributed by atoms with Gasteiger partial charge in [0.25, 0.3) is 0 Å². The SMILES string of the molecule is COc1ccc(NC(=O)CC[C@@H]2Cc3ccccc3NC2=O)cn1. The summed E-state index contributed by atoms with van der Waals surface area (Å²) in [5.74, 6) is 0.159. The van der Waals surface area contributed by atoms with E-state index in [1.807, 2.05) is 24.3 Å². The molecule has 0 spiro atoms. The number of benzene rings is 1. The number of rotatable bonds is 5. The van der Waals surface area contributed by atoms with Gasteiger partial charge in [0.15, 0.2) is 0 Å². The van der Waals surface area contributed by atoms with Crippen molar-refractivity contribution in [1.29, 1.82) is 0 Å². The van der Waals surface area contributed by atoms with Crippen LogP contribution in [0.1, 0.15) is 18.4 Å². The van der Waals surface area contributed by atoms with Gasteiger partial charge in [-0.25, -0.2) is 4.98 Å². The molecule has 0 saturated carbocycles. The van der Waals surface area contributed by atoms with Gasteiger partial charge in [-0.05, 0) is 30.5 Å². The molecule has 0 bridgehead atoms. The van der Waals surface area contributed by atoms with Crippen LogP contribution in [0.25, 0.3) is 0 Å². The van der Waals surface area contributed by atoms with Crippen molar-refractivity contribution in [2.45, 2.75) is 19.3 Å². The Morgan fingerprint density at radius 1 is 1.33 bits per heavy atom. The molecule has 6 heteroatoms. The molecule has 1 atom stereocenters. The lowest BCUT2D eigenvalue weighted by molar-refractivity contribution is -0.121. The van der Waals surface area contributed by atoms with Gasteiger partial charge in [-0.2, -0.15) is 0 Å². The molecule has 1 aromatic heterocycles. The number of aromatic nitrogens is 1. The quantitative estimate of drug-likeness (QED) is 0.885. The Labute approximate surface area is 140 Å². The fourth-order valence-corrected chi connectivity index (χ4v) is 2.75. The molecule has 0 radical (unpaired) electrons. The second-order valence-electron chi connectivity index (χ2n) is 5.72. The second-order valence-corrected chi connectivity index (χ2v) is 5.72. The van der Waals surface area contributed by atoms with E-state index in [0.717, 1.165) is 11.3 Å². The Balaban J connectivity index is 1.53. The number of fused-ring (bicyclic) bond motifs is 1. The molecular formula is C18H19N3O3. The summed E-state index contributed by atoms with van der Waals surface area (Å²) < 4.78 is 4.97. The lowest BCUT2D eigenvalue weighted by atomic mass is 9.89. The fraction of sp³-hybridized carbons (Fsp3) is 0.278. The predicted molar refractivity (Wildman–Crippen MR) is 90.9 cm³/mol. The normalized spacial score (nSPS) is 16.0. The Bertz CT molecular complexity index is 743. The number of pyridine rings is 1. The van der Waals surface area contributed by atoms with Gasteiger partial charge in [0, 0.05) is 24.1 Å². The third-order valence-corrected chi connectivity index (χ3v) is 4.06. The zero-order valence-electron chi connectivity index (χ0n) is 13.4. The maximum absolute atomic E-state index is 12.1. The molecular weight excluding hydrogens is 306 g/mol. The Hall–Kier alpha value is -2.89. The lowest BCUT2D eigenvalue weighted by Crippen LogP contribution is -2.30. The van der Waals surface area contributed by atoms with E-state index in [2.05, 4.69) is 15.6 Å². The molecule has 1 aliphatic rings. The van der Waals surface area contributed by atoms with Gasteiger partial charge in [-0.3, -0.25) is 9.59 Å². The third-order valence-electron chi connectivity index (χ3n) is 4.06. The van der Waals surface area contributed by atoms with Crippen LogP contribution in [0.3, 0.4) is 0 Å². The van der Waals surface area contributed by atoms with Crippen molar-refractivity contribution in [3.05, 3.63) is 48.2 Å². The molecule has 2 N–H and O–H groups in total. The van der Waals surface area contributed by atoms with Crippen LogP contribution in [-0.4, -0.2) is 23.9 Å². The number of carbonyl (C=O) groups is 2. The van der Waals surface area contributed by atoms with Crippen molar-refractivity contribution < 1.29 is 14.3 Å². The summed E-state index contributed by atoms with van der Waals surface area (Å²) in [6.45, 7) is 0. The van der Waals surface area contributed by atoms with Crippen molar-refractivity contribution in [2.24, 2.45) is 5.92 Å². The van der Waals surface area contributed by atoms with Crippen LogP contribution in [0.5, 0.6) is 5.88 Å². The number of carbonyl (C=O) groups excluding carboxylic acids is 2. The Morgan fingerprint density at radius 3 is 2.92 bits per heavy atom. The van der Waals surface area contributed by atoms with Crippen molar-refractivity contribution in [3.8, 4) is 5.88 Å². The number of ether oxygens (including phenoxy) is 1. The molecule has 2 heterocycles. The summed E-state index contributed by atoms with van der Waals surface area (Å²) in [5.41, 5.74) is 2.59. The van der Waals surface area contributed by atoms with Crippen LogP contribution in [0.15, 0.2) is 42.6 Å². The van der Waals surface area contributed by atoms with Gasteiger partial charge in [-0.15, -0.1) is 0 Å². The third kappa shape index (κ3) is 3.71. The van der Waals surface area contributed by atoms with Gasteiger partial charge < -0.3 is 15.4 Å². The molecule has 1 aliphatic heterocycles. The van der Waals surface area contributed by atoms with Gasteiger partial charge >= 0.3 is 0 Å². The largest absolute Gasteiger partial charge is 0.481 e. The first-order chi connectivity index (χ1) is 11.7. The number of hydrogen-bond acceptors (Lipinski definition) is 4. The highest BCUT2D eigenvalue weighted by Crippen LogP contribution is 2.27. The summed E-state index contributed by atoms with van der Waals surface area (Å²) in [5, 5.41) is 5.68. The number of amides is 2. The minimum Gasteiger partial charge on any atom is -0.481 e. The van der Waals surface area contributed by atoms with E-state index in [1.165, 1.54) is 7.11 Å². The highest BCUT2D eigenvalue weighted by atomic mass is 16.5. The molecule has 0 fully saturated rings. The first-order valence-electron chi connectivity index (χ1n) is 7.84. The topological polar surface area (TPSA) is 80.3 Å². The maximum atomic E-state index is 12.1. The van der Waals surface area contributed by atoms with Gasteiger partial charge in [0.05, 0.1) is 19.0 Å². The van der Waals surface area contributed by atoms with Crippen LogP contribution in [0.4, 0.5) is 11.4 Å². The molecule has 6 nitrogen and oxygen atoms in total. The van der Waals surface area contributed by atoms with Crippen LogP contribution >= 0.6 is 0 Å². The standard InChI is InChI=1S/C18H19N3O3/c1-24-17-9-7-14(11-19-17)20-16(22)8-6-13-10-12-4-2-3-5-15(12)21-18(13)23/h2-5,7,9,11,13H,6,8,10H2,1H3,(H,20,22)(H,21,23)/t13-/m1/s1. The van der Waals surface area contributed by atoms with Gasteiger partial charge in [0.2, 0.25) is 17.7 Å². The predicted octanol–water partition coefficient (Wildman–Crippen LogP) is 2.62. The van der Waals surface area contributed by atoms with Crippen molar-refractivity contribution in [2.75, 3.05) is 17.7 Å². The van der Waals surface area contributed by atoms with Crippen LogP contribution in [-0.2, 0) is 16.0 Å². The van der Waals surface area contributed by atoms with Crippen molar-refractivity contribution in [3.63, 3.8) is 0 Å². The highest BCUT2D eigenvalue weighted by molar-refractivity contribution is 5.96. The van der Waals surface area contributed by atoms with E-state index in [-0.39, 0.29) is 24.2 Å². The Kier molecular flexibility index (Phi) is 4.74. The smallest absolute Gasteiger partial charge is 0.227 e. The van der Waals surface area contributed by atoms with Crippen LogP contribution < -0.4 is 15.4 Å². The average Bonchev–Trinajstić information content (AvgIpc) is 2.60. The van der Waals surface area contributed by atoms with Gasteiger partial charge in [0.1, 0.15) is 0 Å².